The van der Waals surface area contributed by atoms with Gasteiger partial charge in [-0.1, -0.05) is 29.8 Å². The molecule has 7 heteroatoms. The molecular formula is C20H21ClN2O4. The maximum absolute atomic E-state index is 12.5. The molecule has 3 rings (SSSR count). The number of benzene rings is 2. The SMILES string of the molecule is COc1ccc(N2CC(C(=O)NCc3ccccc3Cl)CC2=O)cc1OC. The molecule has 142 valence electrons. The number of anilines is 1. The first-order valence-corrected chi connectivity index (χ1v) is 8.94. The third-order valence-corrected chi connectivity index (χ3v) is 4.95. The van der Waals surface area contributed by atoms with E-state index in [4.69, 9.17) is 21.1 Å². The average Bonchev–Trinajstić information content (AvgIpc) is 3.08. The molecule has 1 aliphatic rings. The summed E-state index contributed by atoms with van der Waals surface area (Å²) in [6.45, 7) is 0.655. The number of hydrogen-bond donors (Lipinski definition) is 1. The monoisotopic (exact) mass is 388 g/mol. The van der Waals surface area contributed by atoms with Crippen molar-refractivity contribution in [3.8, 4) is 11.5 Å². The molecule has 0 spiro atoms. The number of nitrogens with one attached hydrogen (secondary N) is 1. The summed E-state index contributed by atoms with van der Waals surface area (Å²) in [5.74, 6) is 0.454. The van der Waals surface area contributed by atoms with E-state index in [1.165, 1.54) is 0 Å². The molecule has 0 aromatic heterocycles. The number of rotatable bonds is 6. The molecule has 1 atom stereocenters. The van der Waals surface area contributed by atoms with Gasteiger partial charge in [-0.15, -0.1) is 0 Å². The topological polar surface area (TPSA) is 67.9 Å². The Morgan fingerprint density at radius 2 is 1.93 bits per heavy atom. The van der Waals surface area contributed by atoms with Gasteiger partial charge in [-0.3, -0.25) is 9.59 Å². The van der Waals surface area contributed by atoms with E-state index in [-0.39, 0.29) is 18.2 Å². The predicted octanol–water partition coefficient (Wildman–Crippen LogP) is 3.03. The summed E-state index contributed by atoms with van der Waals surface area (Å²) < 4.78 is 10.5. The predicted molar refractivity (Wildman–Crippen MR) is 103 cm³/mol. The first-order valence-electron chi connectivity index (χ1n) is 8.57. The molecular weight excluding hydrogens is 368 g/mol. The molecule has 0 radical (unpaired) electrons. The fourth-order valence-corrected chi connectivity index (χ4v) is 3.30. The van der Waals surface area contributed by atoms with E-state index >= 15 is 0 Å². The third kappa shape index (κ3) is 4.17. The second-order valence-electron chi connectivity index (χ2n) is 6.25. The third-order valence-electron chi connectivity index (χ3n) is 4.59. The maximum Gasteiger partial charge on any atom is 0.227 e. The summed E-state index contributed by atoms with van der Waals surface area (Å²) in [5.41, 5.74) is 1.52. The van der Waals surface area contributed by atoms with Crippen molar-refractivity contribution in [1.29, 1.82) is 0 Å². The molecule has 1 fully saturated rings. The van der Waals surface area contributed by atoms with Crippen molar-refractivity contribution in [2.45, 2.75) is 13.0 Å². The Balaban J connectivity index is 1.66. The summed E-state index contributed by atoms with van der Waals surface area (Å²) in [5, 5.41) is 3.47. The molecule has 0 aliphatic carbocycles. The van der Waals surface area contributed by atoms with Crippen LogP contribution in [0.25, 0.3) is 0 Å². The second kappa shape index (κ2) is 8.31. The highest BCUT2D eigenvalue weighted by atomic mass is 35.5. The van der Waals surface area contributed by atoms with E-state index in [1.54, 1.807) is 43.4 Å². The fourth-order valence-electron chi connectivity index (χ4n) is 3.09. The van der Waals surface area contributed by atoms with Crippen LogP contribution in [0.5, 0.6) is 11.5 Å². The van der Waals surface area contributed by atoms with E-state index in [1.807, 2.05) is 18.2 Å². The van der Waals surface area contributed by atoms with Gasteiger partial charge in [0.2, 0.25) is 11.8 Å². The highest BCUT2D eigenvalue weighted by Crippen LogP contribution is 2.34. The van der Waals surface area contributed by atoms with E-state index in [0.717, 1.165) is 5.56 Å². The Morgan fingerprint density at radius 1 is 1.19 bits per heavy atom. The van der Waals surface area contributed by atoms with Crippen LogP contribution in [0.2, 0.25) is 5.02 Å². The minimum Gasteiger partial charge on any atom is -0.493 e. The molecule has 0 saturated carbocycles. The van der Waals surface area contributed by atoms with Gasteiger partial charge in [-0.2, -0.15) is 0 Å². The van der Waals surface area contributed by atoms with Gasteiger partial charge in [0.25, 0.3) is 0 Å². The summed E-state index contributed by atoms with van der Waals surface area (Å²) in [6, 6.07) is 12.6. The number of nitrogens with zero attached hydrogens (tertiary/aromatic N) is 1. The highest BCUT2D eigenvalue weighted by Gasteiger charge is 2.35. The molecule has 1 N–H and O–H groups in total. The van der Waals surface area contributed by atoms with Crippen molar-refractivity contribution >= 4 is 29.1 Å². The molecule has 2 aromatic rings. The van der Waals surface area contributed by atoms with Crippen LogP contribution in [0.15, 0.2) is 42.5 Å². The molecule has 1 unspecified atom stereocenters. The van der Waals surface area contributed by atoms with Crippen LogP contribution in [0.3, 0.4) is 0 Å². The smallest absolute Gasteiger partial charge is 0.227 e. The Labute approximate surface area is 163 Å². The lowest BCUT2D eigenvalue weighted by molar-refractivity contribution is -0.126. The van der Waals surface area contributed by atoms with Gasteiger partial charge in [-0.25, -0.2) is 0 Å². The maximum atomic E-state index is 12.5. The van der Waals surface area contributed by atoms with Crippen LogP contribution in [0.4, 0.5) is 5.69 Å². The van der Waals surface area contributed by atoms with Crippen molar-refractivity contribution in [3.63, 3.8) is 0 Å². The van der Waals surface area contributed by atoms with Gasteiger partial charge in [0, 0.05) is 36.3 Å². The number of carbonyl (C=O) groups excluding carboxylic acids is 2. The van der Waals surface area contributed by atoms with Gasteiger partial charge < -0.3 is 19.7 Å². The number of methoxy groups -OCH3 is 2. The van der Waals surface area contributed by atoms with Gasteiger partial charge >= 0.3 is 0 Å². The first kappa shape index (κ1) is 19.0. The zero-order valence-corrected chi connectivity index (χ0v) is 16.0. The van der Waals surface area contributed by atoms with Gasteiger partial charge in [0.15, 0.2) is 11.5 Å². The molecule has 1 heterocycles. The molecule has 2 amide bonds. The zero-order valence-electron chi connectivity index (χ0n) is 15.2. The summed E-state index contributed by atoms with van der Waals surface area (Å²) >= 11 is 6.11. The fraction of sp³-hybridized carbons (Fsp3) is 0.300. The lowest BCUT2D eigenvalue weighted by Gasteiger charge is -2.18. The molecule has 27 heavy (non-hydrogen) atoms. The van der Waals surface area contributed by atoms with E-state index in [9.17, 15) is 9.59 Å². The number of carbonyl (C=O) groups is 2. The van der Waals surface area contributed by atoms with Crippen LogP contribution in [0, 0.1) is 5.92 Å². The second-order valence-corrected chi connectivity index (χ2v) is 6.66. The lowest BCUT2D eigenvalue weighted by atomic mass is 10.1. The number of ether oxygens (including phenoxy) is 2. The largest absolute Gasteiger partial charge is 0.493 e. The number of amides is 2. The van der Waals surface area contributed by atoms with Gasteiger partial charge in [0.1, 0.15) is 0 Å². The van der Waals surface area contributed by atoms with Crippen LogP contribution in [-0.2, 0) is 16.1 Å². The van der Waals surface area contributed by atoms with Gasteiger partial charge in [-0.05, 0) is 23.8 Å². The van der Waals surface area contributed by atoms with Crippen molar-refractivity contribution in [2.75, 3.05) is 25.7 Å². The zero-order chi connectivity index (χ0) is 19.4. The van der Waals surface area contributed by atoms with E-state index in [0.29, 0.717) is 35.3 Å². The van der Waals surface area contributed by atoms with Crippen LogP contribution < -0.4 is 19.7 Å². The van der Waals surface area contributed by atoms with Crippen LogP contribution >= 0.6 is 11.6 Å². The van der Waals surface area contributed by atoms with Crippen molar-refractivity contribution in [1.82, 2.24) is 5.32 Å². The summed E-state index contributed by atoms with van der Waals surface area (Å²) in [4.78, 5) is 26.5. The molecule has 6 nitrogen and oxygen atoms in total. The van der Waals surface area contributed by atoms with Gasteiger partial charge in [0.05, 0.1) is 20.1 Å². The Kier molecular flexibility index (Phi) is 5.86. The summed E-state index contributed by atoms with van der Waals surface area (Å²) in [6.07, 6.45) is 0.169. The van der Waals surface area contributed by atoms with Crippen LogP contribution in [0.1, 0.15) is 12.0 Å². The molecule has 1 aliphatic heterocycles. The van der Waals surface area contributed by atoms with Crippen LogP contribution in [-0.4, -0.2) is 32.6 Å². The Morgan fingerprint density at radius 3 is 2.63 bits per heavy atom. The van der Waals surface area contributed by atoms with Crippen molar-refractivity contribution < 1.29 is 19.1 Å². The lowest BCUT2D eigenvalue weighted by Crippen LogP contribution is -2.32. The van der Waals surface area contributed by atoms with E-state index in [2.05, 4.69) is 5.32 Å². The molecule has 0 bridgehead atoms. The van der Waals surface area contributed by atoms with Crippen molar-refractivity contribution in [2.24, 2.45) is 5.92 Å². The summed E-state index contributed by atoms with van der Waals surface area (Å²) in [7, 11) is 3.09. The van der Waals surface area contributed by atoms with Crippen molar-refractivity contribution in [3.05, 3.63) is 53.1 Å². The standard InChI is InChI=1S/C20H21ClN2O4/c1-26-17-8-7-15(10-18(17)27-2)23-12-14(9-19(23)24)20(25)22-11-13-5-3-4-6-16(13)21/h3-8,10,14H,9,11-12H2,1-2H3,(H,22,25). The first-order chi connectivity index (χ1) is 13.0. The minimum absolute atomic E-state index is 0.0971. The molecule has 2 aromatic carbocycles. The Hall–Kier alpha value is -2.73. The number of halogens is 1. The average molecular weight is 389 g/mol. The Bertz CT molecular complexity index is 856. The normalized spacial score (nSPS) is 16.3. The number of hydrogen-bond acceptors (Lipinski definition) is 4. The van der Waals surface area contributed by atoms with E-state index < -0.39 is 5.92 Å². The minimum atomic E-state index is -0.409. The molecule has 1 saturated heterocycles. The highest BCUT2D eigenvalue weighted by molar-refractivity contribution is 6.31. The quantitative estimate of drug-likeness (QED) is 0.826.